The Labute approximate surface area is 129 Å². The Morgan fingerprint density at radius 1 is 0.810 bits per heavy atom. The maximum atomic E-state index is 2.47. The molecule has 2 rings (SSSR count). The first-order valence-electron chi connectivity index (χ1n) is 8.13. The van der Waals surface area contributed by atoms with Crippen LogP contribution in [0.15, 0.2) is 60.7 Å². The largest absolute Gasteiger partial charge is 0.338 e. The number of benzene rings is 2. The Morgan fingerprint density at radius 2 is 1.29 bits per heavy atom. The van der Waals surface area contributed by atoms with Gasteiger partial charge in [-0.3, -0.25) is 0 Å². The number of nitrogens with zero attached hydrogens (tertiary/aromatic N) is 1. The van der Waals surface area contributed by atoms with Gasteiger partial charge in [0.1, 0.15) is 0 Å². The Balaban J connectivity index is 2.28. The molecule has 0 fully saturated rings. The lowest BCUT2D eigenvalue weighted by atomic mass is 9.95. The zero-order chi connectivity index (χ0) is 15.1. The first-order valence-corrected chi connectivity index (χ1v) is 8.13. The van der Waals surface area contributed by atoms with Crippen molar-refractivity contribution >= 4 is 11.4 Å². The van der Waals surface area contributed by atoms with Crippen molar-refractivity contribution in [3.63, 3.8) is 0 Å². The van der Waals surface area contributed by atoms with Gasteiger partial charge in [0.15, 0.2) is 0 Å². The van der Waals surface area contributed by atoms with E-state index in [2.05, 4.69) is 86.3 Å². The molecule has 0 saturated heterocycles. The maximum absolute atomic E-state index is 2.47. The lowest BCUT2D eigenvalue weighted by Gasteiger charge is -2.35. The highest BCUT2D eigenvalue weighted by atomic mass is 15.2. The van der Waals surface area contributed by atoms with Gasteiger partial charge < -0.3 is 4.90 Å². The lowest BCUT2D eigenvalue weighted by Crippen LogP contribution is -2.34. The van der Waals surface area contributed by atoms with E-state index in [1.54, 1.807) is 0 Å². The van der Waals surface area contributed by atoms with E-state index in [1.165, 1.54) is 30.6 Å². The molecule has 21 heavy (non-hydrogen) atoms. The van der Waals surface area contributed by atoms with Gasteiger partial charge >= 0.3 is 0 Å². The molecule has 0 aliphatic heterocycles. The predicted octanol–water partition coefficient (Wildman–Crippen LogP) is 6.04. The van der Waals surface area contributed by atoms with Crippen LogP contribution in [-0.2, 0) is 0 Å². The molecule has 0 amide bonds. The molecule has 1 unspecified atom stereocenters. The molecule has 0 aromatic heterocycles. The molecule has 0 aliphatic carbocycles. The van der Waals surface area contributed by atoms with Crippen LogP contribution in [0.2, 0.25) is 0 Å². The number of unbranched alkanes of at least 4 members (excludes halogenated alkanes) is 1. The van der Waals surface area contributed by atoms with Crippen LogP contribution >= 0.6 is 0 Å². The molecule has 2 atom stereocenters. The number of anilines is 2. The highest BCUT2D eigenvalue weighted by Crippen LogP contribution is 2.31. The van der Waals surface area contributed by atoms with Crippen LogP contribution in [0.5, 0.6) is 0 Å². The molecule has 2 aromatic rings. The minimum absolute atomic E-state index is 0.487. The summed E-state index contributed by atoms with van der Waals surface area (Å²) in [7, 11) is 0. The molecule has 0 N–H and O–H groups in total. The Hall–Kier alpha value is -1.76. The Morgan fingerprint density at radius 3 is 1.71 bits per heavy atom. The molecule has 0 saturated carbocycles. The summed E-state index contributed by atoms with van der Waals surface area (Å²) in [6, 6.07) is 21.9. The zero-order valence-corrected chi connectivity index (χ0v) is 13.5. The molecule has 1 heteroatoms. The van der Waals surface area contributed by atoms with Crippen LogP contribution in [0.25, 0.3) is 0 Å². The van der Waals surface area contributed by atoms with Crippen molar-refractivity contribution in [2.75, 3.05) is 4.90 Å². The number of para-hydroxylation sites is 2. The summed E-state index contributed by atoms with van der Waals surface area (Å²) >= 11 is 0. The van der Waals surface area contributed by atoms with Gasteiger partial charge in [0.2, 0.25) is 0 Å². The Kier molecular flexibility index (Phi) is 5.86. The summed E-state index contributed by atoms with van der Waals surface area (Å²) in [6.07, 6.45) is 3.87. The van der Waals surface area contributed by atoms with Gasteiger partial charge in [-0.1, -0.05) is 63.1 Å². The van der Waals surface area contributed by atoms with Crippen molar-refractivity contribution in [3.8, 4) is 0 Å². The minimum atomic E-state index is 0.487. The van der Waals surface area contributed by atoms with Gasteiger partial charge in [-0.15, -0.1) is 0 Å². The fourth-order valence-corrected chi connectivity index (χ4v) is 2.82. The van der Waals surface area contributed by atoms with Crippen molar-refractivity contribution in [2.45, 2.75) is 46.1 Å². The normalized spacial score (nSPS) is 13.7. The fraction of sp³-hybridized carbons (Fsp3) is 0.400. The van der Waals surface area contributed by atoms with Crippen LogP contribution in [0.1, 0.15) is 40.0 Å². The highest BCUT2D eigenvalue weighted by Gasteiger charge is 2.21. The second-order valence-electron chi connectivity index (χ2n) is 5.90. The number of rotatable bonds is 7. The molecular weight excluding hydrogens is 254 g/mol. The van der Waals surface area contributed by atoms with Crippen molar-refractivity contribution in [2.24, 2.45) is 5.92 Å². The molecule has 0 aliphatic rings. The van der Waals surface area contributed by atoms with E-state index in [0.717, 1.165) is 0 Å². The average Bonchev–Trinajstić information content (AvgIpc) is 2.54. The fourth-order valence-electron chi connectivity index (χ4n) is 2.82. The van der Waals surface area contributed by atoms with Crippen molar-refractivity contribution < 1.29 is 0 Å². The van der Waals surface area contributed by atoms with Crippen molar-refractivity contribution in [3.05, 3.63) is 60.7 Å². The molecule has 112 valence electrons. The average molecular weight is 281 g/mol. The molecule has 2 aromatic carbocycles. The molecule has 1 nitrogen and oxygen atoms in total. The first-order chi connectivity index (χ1) is 10.2. The van der Waals surface area contributed by atoms with E-state index in [4.69, 9.17) is 0 Å². The van der Waals surface area contributed by atoms with Crippen LogP contribution in [-0.4, -0.2) is 6.04 Å². The smallest absolute Gasteiger partial charge is 0.0413 e. The monoisotopic (exact) mass is 281 g/mol. The summed E-state index contributed by atoms with van der Waals surface area (Å²) in [5.74, 6) is 0.672. The number of hydrogen-bond acceptors (Lipinski definition) is 1. The van der Waals surface area contributed by atoms with Gasteiger partial charge in [0.25, 0.3) is 0 Å². The summed E-state index contributed by atoms with van der Waals surface area (Å²) in [5, 5.41) is 0. The van der Waals surface area contributed by atoms with E-state index in [1.807, 2.05) is 0 Å². The Bertz CT molecular complexity index is 466. The molecule has 0 radical (unpaired) electrons. The third kappa shape index (κ3) is 4.10. The summed E-state index contributed by atoms with van der Waals surface area (Å²) in [6.45, 7) is 6.99. The van der Waals surface area contributed by atoms with E-state index in [9.17, 15) is 0 Å². The van der Waals surface area contributed by atoms with Crippen LogP contribution in [0.3, 0.4) is 0 Å². The first kappa shape index (κ1) is 15.6. The van der Waals surface area contributed by atoms with Gasteiger partial charge in [0.05, 0.1) is 0 Å². The van der Waals surface area contributed by atoms with E-state index >= 15 is 0 Å². The SMILES string of the molecule is CCCC[C@H](C)C(C)N(c1ccccc1)c1ccccc1. The zero-order valence-electron chi connectivity index (χ0n) is 13.5. The van der Waals surface area contributed by atoms with Gasteiger partial charge in [-0.25, -0.2) is 0 Å². The summed E-state index contributed by atoms with van der Waals surface area (Å²) in [4.78, 5) is 2.47. The third-order valence-electron chi connectivity index (χ3n) is 4.31. The molecule has 0 bridgehead atoms. The predicted molar refractivity (Wildman–Crippen MR) is 93.2 cm³/mol. The van der Waals surface area contributed by atoms with Crippen LogP contribution in [0.4, 0.5) is 11.4 Å². The minimum Gasteiger partial charge on any atom is -0.338 e. The van der Waals surface area contributed by atoms with Crippen molar-refractivity contribution in [1.82, 2.24) is 0 Å². The van der Waals surface area contributed by atoms with E-state index in [-0.39, 0.29) is 0 Å². The maximum Gasteiger partial charge on any atom is 0.0413 e. The van der Waals surface area contributed by atoms with Gasteiger partial charge in [-0.2, -0.15) is 0 Å². The third-order valence-corrected chi connectivity index (χ3v) is 4.31. The summed E-state index contributed by atoms with van der Waals surface area (Å²) < 4.78 is 0. The molecule has 0 heterocycles. The van der Waals surface area contributed by atoms with Crippen LogP contribution in [0, 0.1) is 5.92 Å². The standard InChI is InChI=1S/C20H27N/c1-4-5-12-17(2)18(3)21(19-13-8-6-9-14-19)20-15-10-7-11-16-20/h6-11,13-18H,4-5,12H2,1-3H3/t17-,18?/m0/s1. The quantitative estimate of drug-likeness (QED) is 0.598. The second-order valence-corrected chi connectivity index (χ2v) is 5.90. The van der Waals surface area contributed by atoms with Crippen molar-refractivity contribution in [1.29, 1.82) is 0 Å². The topological polar surface area (TPSA) is 3.24 Å². The molecular formula is C20H27N. The highest BCUT2D eigenvalue weighted by molar-refractivity contribution is 5.63. The van der Waals surface area contributed by atoms with Gasteiger partial charge in [0, 0.05) is 17.4 Å². The molecule has 0 spiro atoms. The van der Waals surface area contributed by atoms with Gasteiger partial charge in [-0.05, 0) is 43.5 Å². The van der Waals surface area contributed by atoms with E-state index < -0.39 is 0 Å². The van der Waals surface area contributed by atoms with Crippen LogP contribution < -0.4 is 4.90 Å². The lowest BCUT2D eigenvalue weighted by molar-refractivity contribution is 0.429. The summed E-state index contributed by atoms with van der Waals surface area (Å²) in [5.41, 5.74) is 2.55. The second kappa shape index (κ2) is 7.87. The van der Waals surface area contributed by atoms with E-state index in [0.29, 0.717) is 12.0 Å². The number of hydrogen-bond donors (Lipinski definition) is 0.